The molecule has 0 bridgehead atoms. The molecule has 2 heterocycles. The van der Waals surface area contributed by atoms with Gasteiger partial charge in [-0.15, -0.1) is 0 Å². The fraction of sp³-hybridized carbons (Fsp3) is 0.440. The molecule has 1 atom stereocenters. The van der Waals surface area contributed by atoms with E-state index in [1.165, 1.54) is 0 Å². The van der Waals surface area contributed by atoms with Gasteiger partial charge < -0.3 is 25.5 Å². The van der Waals surface area contributed by atoms with Crippen molar-refractivity contribution in [2.45, 2.75) is 53.1 Å². The third-order valence-electron chi connectivity index (χ3n) is 5.84. The Labute approximate surface area is 190 Å². The van der Waals surface area contributed by atoms with Crippen LogP contribution < -0.4 is 16.2 Å². The number of aliphatic imine (C=N–C) groups is 1. The first kappa shape index (κ1) is 23.6. The molecular formula is C25H35N5O2. The van der Waals surface area contributed by atoms with Gasteiger partial charge in [0.1, 0.15) is 17.4 Å². The van der Waals surface area contributed by atoms with Gasteiger partial charge in [0.2, 0.25) is 0 Å². The Morgan fingerprint density at radius 1 is 1.25 bits per heavy atom. The zero-order valence-corrected chi connectivity index (χ0v) is 19.8. The highest BCUT2D eigenvalue weighted by Crippen LogP contribution is 2.31. The number of pyridine rings is 1. The number of aryl methyl sites for hydroxylation is 1. The molecule has 0 fully saturated rings. The zero-order valence-electron chi connectivity index (χ0n) is 19.8. The third-order valence-corrected chi connectivity index (χ3v) is 5.84. The van der Waals surface area contributed by atoms with Crippen LogP contribution >= 0.6 is 0 Å². The van der Waals surface area contributed by atoms with Gasteiger partial charge in [-0.3, -0.25) is 4.99 Å². The number of methoxy groups -OCH3 is 1. The molecule has 172 valence electrons. The second-order valence-corrected chi connectivity index (χ2v) is 8.07. The average Bonchev–Trinajstić information content (AvgIpc) is 3.07. The maximum atomic E-state index is 6.55. The first-order valence-corrected chi connectivity index (χ1v) is 11.2. The van der Waals surface area contributed by atoms with E-state index in [1.807, 2.05) is 26.0 Å². The van der Waals surface area contributed by atoms with E-state index in [-0.39, 0.29) is 0 Å². The number of nitrogens with two attached hydrogens (primary N) is 2. The van der Waals surface area contributed by atoms with Crippen LogP contribution in [-0.2, 0) is 11.3 Å². The summed E-state index contributed by atoms with van der Waals surface area (Å²) in [5.41, 5.74) is 17.5. The van der Waals surface area contributed by atoms with Crippen LogP contribution in [-0.4, -0.2) is 35.7 Å². The number of nitrogens with zero attached hydrogens (tertiary/aromatic N) is 3. The average molecular weight is 438 g/mol. The summed E-state index contributed by atoms with van der Waals surface area (Å²) in [6.07, 6.45) is 2.04. The monoisotopic (exact) mass is 437 g/mol. The van der Waals surface area contributed by atoms with Crippen molar-refractivity contribution in [3.8, 4) is 5.75 Å². The Morgan fingerprint density at radius 2 is 2.00 bits per heavy atom. The third kappa shape index (κ3) is 4.88. The van der Waals surface area contributed by atoms with Gasteiger partial charge in [0.15, 0.2) is 0 Å². The minimum Gasteiger partial charge on any atom is -0.496 e. The summed E-state index contributed by atoms with van der Waals surface area (Å²) >= 11 is 0. The maximum Gasteiger partial charge on any atom is 0.132 e. The van der Waals surface area contributed by atoms with Crippen molar-refractivity contribution in [3.05, 3.63) is 52.8 Å². The minimum absolute atomic E-state index is 0.303. The molecule has 0 aliphatic carbocycles. The first-order valence-electron chi connectivity index (χ1n) is 11.2. The van der Waals surface area contributed by atoms with E-state index in [1.54, 1.807) is 7.11 Å². The SMILES string of the molecule is CCOCCC[C@@H](C)n1c(C)c(C(N)=NCc2c(OC)cc(C)nc2N)c2ccccc21. The molecule has 7 heteroatoms. The smallest absolute Gasteiger partial charge is 0.132 e. The highest BCUT2D eigenvalue weighted by molar-refractivity contribution is 6.10. The Bertz CT molecular complexity index is 1100. The molecule has 2 aromatic heterocycles. The minimum atomic E-state index is 0.303. The second-order valence-electron chi connectivity index (χ2n) is 8.07. The summed E-state index contributed by atoms with van der Waals surface area (Å²) in [6, 6.07) is 10.5. The summed E-state index contributed by atoms with van der Waals surface area (Å²) in [6.45, 7) is 10.1. The number of hydrogen-bond acceptors (Lipinski definition) is 5. The fourth-order valence-corrected chi connectivity index (χ4v) is 4.31. The van der Waals surface area contributed by atoms with Crippen LogP contribution in [0.3, 0.4) is 0 Å². The number of fused-ring (bicyclic) bond motifs is 1. The fourth-order valence-electron chi connectivity index (χ4n) is 4.31. The molecule has 7 nitrogen and oxygen atoms in total. The van der Waals surface area contributed by atoms with Gasteiger partial charge in [0.05, 0.1) is 19.2 Å². The normalized spacial score (nSPS) is 13.0. The van der Waals surface area contributed by atoms with E-state index in [2.05, 4.69) is 41.6 Å². The molecule has 4 N–H and O–H groups in total. The van der Waals surface area contributed by atoms with Gasteiger partial charge in [-0.1, -0.05) is 18.2 Å². The van der Waals surface area contributed by atoms with Crippen LogP contribution in [0.15, 0.2) is 35.3 Å². The lowest BCUT2D eigenvalue weighted by molar-refractivity contribution is 0.140. The predicted octanol–water partition coefficient (Wildman–Crippen LogP) is 4.53. The summed E-state index contributed by atoms with van der Waals surface area (Å²) in [4.78, 5) is 9.04. The first-order chi connectivity index (χ1) is 15.4. The molecule has 0 unspecified atom stereocenters. The molecule has 0 saturated carbocycles. The van der Waals surface area contributed by atoms with E-state index >= 15 is 0 Å². The van der Waals surface area contributed by atoms with Gasteiger partial charge in [-0.25, -0.2) is 4.98 Å². The zero-order chi connectivity index (χ0) is 23.3. The van der Waals surface area contributed by atoms with Crippen LogP contribution in [0.2, 0.25) is 0 Å². The Balaban J connectivity index is 1.96. The number of hydrogen-bond donors (Lipinski definition) is 2. The summed E-state index contributed by atoms with van der Waals surface area (Å²) in [5.74, 6) is 1.58. The molecule has 1 aromatic carbocycles. The van der Waals surface area contributed by atoms with Gasteiger partial charge in [0.25, 0.3) is 0 Å². The van der Waals surface area contributed by atoms with Gasteiger partial charge in [-0.2, -0.15) is 0 Å². The number of para-hydroxylation sites is 1. The van der Waals surface area contributed by atoms with E-state index < -0.39 is 0 Å². The second kappa shape index (κ2) is 10.5. The molecule has 0 saturated heterocycles. The van der Waals surface area contributed by atoms with Crippen LogP contribution in [0, 0.1) is 13.8 Å². The van der Waals surface area contributed by atoms with Crippen molar-refractivity contribution in [2.75, 3.05) is 26.1 Å². The van der Waals surface area contributed by atoms with Gasteiger partial charge >= 0.3 is 0 Å². The summed E-state index contributed by atoms with van der Waals surface area (Å²) in [5, 5.41) is 1.10. The number of ether oxygens (including phenoxy) is 2. The van der Waals surface area contributed by atoms with Gasteiger partial charge in [-0.05, 0) is 46.6 Å². The lowest BCUT2D eigenvalue weighted by atomic mass is 10.1. The predicted molar refractivity (Wildman–Crippen MR) is 131 cm³/mol. The topological polar surface area (TPSA) is 101 Å². The van der Waals surface area contributed by atoms with E-state index in [0.29, 0.717) is 30.0 Å². The van der Waals surface area contributed by atoms with Crippen molar-refractivity contribution in [2.24, 2.45) is 10.7 Å². The number of aromatic nitrogens is 2. The van der Waals surface area contributed by atoms with Gasteiger partial charge in [0, 0.05) is 53.2 Å². The van der Waals surface area contributed by atoms with Crippen LogP contribution in [0.4, 0.5) is 5.82 Å². The number of benzene rings is 1. The Morgan fingerprint density at radius 3 is 2.72 bits per heavy atom. The van der Waals surface area contributed by atoms with Crippen LogP contribution in [0.5, 0.6) is 5.75 Å². The molecule has 32 heavy (non-hydrogen) atoms. The summed E-state index contributed by atoms with van der Waals surface area (Å²) in [7, 11) is 1.62. The molecule has 0 amide bonds. The molecule has 0 radical (unpaired) electrons. The molecule has 3 rings (SSSR count). The highest BCUT2D eigenvalue weighted by Gasteiger charge is 2.20. The van der Waals surface area contributed by atoms with Crippen molar-refractivity contribution in [1.82, 2.24) is 9.55 Å². The summed E-state index contributed by atoms with van der Waals surface area (Å²) < 4.78 is 13.4. The van der Waals surface area contributed by atoms with Crippen molar-refractivity contribution >= 4 is 22.6 Å². The lowest BCUT2D eigenvalue weighted by Crippen LogP contribution is -2.16. The van der Waals surface area contributed by atoms with Crippen molar-refractivity contribution in [3.63, 3.8) is 0 Å². The maximum absolute atomic E-state index is 6.55. The number of anilines is 1. The quantitative estimate of drug-likeness (QED) is 0.276. The standard InChI is InChI=1S/C25H35N5O2/c1-6-32-13-9-10-17(3)30-18(4)23(19-11-7-8-12-21(19)30)25(27)28-15-20-22(31-5)14-16(2)29-24(20)26/h7-8,11-12,14,17H,6,9-10,13,15H2,1-5H3,(H2,26,29)(H2,27,28)/t17-/m1/s1. The highest BCUT2D eigenvalue weighted by atomic mass is 16.5. The van der Waals surface area contributed by atoms with E-state index in [9.17, 15) is 0 Å². The van der Waals surface area contributed by atoms with Crippen LogP contribution in [0.1, 0.15) is 55.2 Å². The number of nitrogen functional groups attached to an aromatic ring is 1. The lowest BCUT2D eigenvalue weighted by Gasteiger charge is -2.18. The molecule has 0 aliphatic heterocycles. The Hall–Kier alpha value is -3.06. The molecule has 0 aliphatic rings. The Kier molecular flexibility index (Phi) is 7.75. The van der Waals surface area contributed by atoms with E-state index in [0.717, 1.165) is 59.5 Å². The van der Waals surface area contributed by atoms with E-state index in [4.69, 9.17) is 25.9 Å². The van der Waals surface area contributed by atoms with Crippen LogP contribution in [0.25, 0.3) is 10.9 Å². The number of amidine groups is 1. The molecule has 0 spiro atoms. The van der Waals surface area contributed by atoms with Crippen molar-refractivity contribution < 1.29 is 9.47 Å². The molecule has 3 aromatic rings. The molecular weight excluding hydrogens is 402 g/mol. The largest absolute Gasteiger partial charge is 0.496 e. The van der Waals surface area contributed by atoms with Crippen molar-refractivity contribution in [1.29, 1.82) is 0 Å². The number of rotatable bonds is 10.